The second-order valence-electron chi connectivity index (χ2n) is 11.8. The zero-order valence-corrected chi connectivity index (χ0v) is 23.8. The predicted octanol–water partition coefficient (Wildman–Crippen LogP) is 3.45. The summed E-state index contributed by atoms with van der Waals surface area (Å²) in [6, 6.07) is 5.27. The Hall–Kier alpha value is -2.84. The fourth-order valence-electron chi connectivity index (χ4n) is 7.00. The van der Waals surface area contributed by atoms with Gasteiger partial charge in [0.2, 0.25) is 10.0 Å². The third-order valence-electron chi connectivity index (χ3n) is 9.14. The van der Waals surface area contributed by atoms with Gasteiger partial charge in [0.25, 0.3) is 0 Å². The van der Waals surface area contributed by atoms with Gasteiger partial charge >= 0.3 is 12.2 Å². The predicted molar refractivity (Wildman–Crippen MR) is 146 cm³/mol. The van der Waals surface area contributed by atoms with Crippen molar-refractivity contribution in [2.45, 2.75) is 43.9 Å². The molecule has 2 atom stereocenters. The molecule has 1 aromatic carbocycles. The number of alkyl halides is 3. The maximum atomic E-state index is 13.7. The average Bonchev–Trinajstić information content (AvgIpc) is 3.68. The van der Waals surface area contributed by atoms with Gasteiger partial charge in [-0.2, -0.15) is 17.9 Å². The molecule has 0 radical (unpaired) electrons. The third kappa shape index (κ3) is 5.78. The van der Waals surface area contributed by atoms with Crippen molar-refractivity contribution in [3.8, 4) is 0 Å². The summed E-state index contributed by atoms with van der Waals surface area (Å²) in [5, 5.41) is 4.06. The van der Waals surface area contributed by atoms with Crippen LogP contribution in [0, 0.1) is 11.8 Å². The Balaban J connectivity index is 1.16. The van der Waals surface area contributed by atoms with Crippen LogP contribution in [0.4, 0.5) is 29.5 Å². The van der Waals surface area contributed by atoms with E-state index in [1.165, 1.54) is 24.4 Å². The van der Waals surface area contributed by atoms with Crippen molar-refractivity contribution in [1.29, 1.82) is 0 Å². The molecule has 1 N–H and O–H groups in total. The van der Waals surface area contributed by atoms with Crippen LogP contribution in [0.3, 0.4) is 0 Å². The molecule has 2 aromatic rings. The maximum absolute atomic E-state index is 13.7. The number of nitrogens with zero attached hydrogens (tertiary/aromatic N) is 5. The molecule has 6 rings (SSSR count). The number of amides is 1. The first-order chi connectivity index (χ1) is 19.4. The zero-order valence-electron chi connectivity index (χ0n) is 22.9. The highest BCUT2D eigenvalue weighted by atomic mass is 32.2. The van der Waals surface area contributed by atoms with Crippen LogP contribution in [0.15, 0.2) is 30.5 Å². The van der Waals surface area contributed by atoms with Crippen LogP contribution in [0.25, 0.3) is 0 Å². The van der Waals surface area contributed by atoms with Gasteiger partial charge in [-0.05, 0) is 49.9 Å². The summed E-state index contributed by atoms with van der Waals surface area (Å²) < 4.78 is 73.0. The topological polar surface area (TPSA) is 100 Å². The van der Waals surface area contributed by atoms with Gasteiger partial charge in [0, 0.05) is 68.0 Å². The fraction of sp³-hybridized carbons (Fsp3) is 0.630. The number of hydrogen-bond acceptors (Lipinski definition) is 7. The molecule has 14 heteroatoms. The Morgan fingerprint density at radius 2 is 1.80 bits per heavy atom. The van der Waals surface area contributed by atoms with E-state index in [0.29, 0.717) is 63.5 Å². The molecule has 224 valence electrons. The Morgan fingerprint density at radius 3 is 2.46 bits per heavy atom. The molecule has 4 aliphatic rings. The van der Waals surface area contributed by atoms with E-state index >= 15 is 0 Å². The number of nitrogens with one attached hydrogen (secondary N) is 1. The number of hydrogen-bond donors (Lipinski definition) is 1. The Morgan fingerprint density at radius 1 is 1.10 bits per heavy atom. The summed E-state index contributed by atoms with van der Waals surface area (Å²) in [7, 11) is -3.50. The lowest BCUT2D eigenvalue weighted by Gasteiger charge is -2.45. The van der Waals surface area contributed by atoms with Crippen molar-refractivity contribution in [2.75, 3.05) is 61.8 Å². The molecule has 1 aromatic heterocycles. The van der Waals surface area contributed by atoms with E-state index in [4.69, 9.17) is 4.74 Å². The molecular formula is C27H35F3N6O4S. The van der Waals surface area contributed by atoms with E-state index < -0.39 is 21.8 Å². The highest BCUT2D eigenvalue weighted by Crippen LogP contribution is 2.43. The van der Waals surface area contributed by atoms with Crippen LogP contribution >= 0.6 is 0 Å². The SMILES string of the molecule is CS(=O)(=O)Nc1ccn(C(=O)N2CCC3(CCCN3Cc3ccc(C(F)(F)F)cc3N3CC4COCC4C3)CC2)n1. The van der Waals surface area contributed by atoms with E-state index in [0.717, 1.165) is 48.7 Å². The average molecular weight is 597 g/mol. The van der Waals surface area contributed by atoms with Crippen molar-refractivity contribution in [3.63, 3.8) is 0 Å². The number of ether oxygens (including phenoxy) is 1. The fourth-order valence-corrected chi connectivity index (χ4v) is 7.49. The van der Waals surface area contributed by atoms with E-state index in [1.54, 1.807) is 11.0 Å². The van der Waals surface area contributed by atoms with Gasteiger partial charge in [0.05, 0.1) is 25.0 Å². The smallest absolute Gasteiger partial charge is 0.381 e. The standard InChI is InChI=1S/C27H35F3N6O4S/c1-41(38,39)32-24-5-10-36(31-24)25(37)33-11-7-26(8-12-33)6-2-9-35(26)16-19-3-4-22(27(28,29)30)13-23(19)34-14-20-17-40-18-21(20)15-34/h3-5,10,13,20-21H,2,6-9,11-12,14-18H2,1H3,(H,31,32). The molecule has 1 spiro atoms. The van der Waals surface area contributed by atoms with Crippen LogP contribution in [0.1, 0.15) is 36.8 Å². The molecule has 0 saturated carbocycles. The lowest BCUT2D eigenvalue weighted by Crippen LogP contribution is -2.53. The summed E-state index contributed by atoms with van der Waals surface area (Å²) >= 11 is 0. The van der Waals surface area contributed by atoms with Crippen molar-refractivity contribution in [2.24, 2.45) is 11.8 Å². The maximum Gasteiger partial charge on any atom is 0.416 e. The monoisotopic (exact) mass is 596 g/mol. The van der Waals surface area contributed by atoms with Crippen LogP contribution in [-0.4, -0.2) is 91.8 Å². The Labute approximate surface area is 237 Å². The van der Waals surface area contributed by atoms with Gasteiger partial charge in [0.1, 0.15) is 0 Å². The summed E-state index contributed by atoms with van der Waals surface area (Å²) in [4.78, 5) is 19.3. The quantitative estimate of drug-likeness (QED) is 0.565. The summed E-state index contributed by atoms with van der Waals surface area (Å²) in [6.07, 6.45) is 1.51. The molecule has 4 aliphatic heterocycles. The summed E-state index contributed by atoms with van der Waals surface area (Å²) in [5.41, 5.74) is 0.822. The number of carbonyl (C=O) groups is 1. The molecule has 0 bridgehead atoms. The summed E-state index contributed by atoms with van der Waals surface area (Å²) in [5.74, 6) is 0.786. The first-order valence-electron chi connectivity index (χ1n) is 14.0. The number of likely N-dealkylation sites (tertiary alicyclic amines) is 2. The van der Waals surface area contributed by atoms with Gasteiger partial charge in [-0.3, -0.25) is 9.62 Å². The lowest BCUT2D eigenvalue weighted by atomic mass is 9.84. The third-order valence-corrected chi connectivity index (χ3v) is 9.72. The van der Waals surface area contributed by atoms with E-state index in [9.17, 15) is 26.4 Å². The number of anilines is 2. The highest BCUT2D eigenvalue weighted by Gasteiger charge is 2.45. The molecule has 4 fully saturated rings. The Kier molecular flexibility index (Phi) is 7.22. The number of benzene rings is 1. The largest absolute Gasteiger partial charge is 0.416 e. The number of carbonyl (C=O) groups excluding carboxylic acids is 1. The van der Waals surface area contributed by atoms with E-state index in [1.807, 2.05) is 0 Å². The molecule has 41 heavy (non-hydrogen) atoms. The van der Waals surface area contributed by atoms with Gasteiger partial charge < -0.3 is 14.5 Å². The van der Waals surface area contributed by atoms with E-state index in [-0.39, 0.29) is 17.4 Å². The van der Waals surface area contributed by atoms with Gasteiger partial charge in [-0.15, -0.1) is 5.10 Å². The second kappa shape index (κ2) is 10.5. The van der Waals surface area contributed by atoms with Gasteiger partial charge in [-0.1, -0.05) is 6.07 Å². The number of piperidine rings is 1. The van der Waals surface area contributed by atoms with Gasteiger partial charge in [0.15, 0.2) is 5.82 Å². The highest BCUT2D eigenvalue weighted by molar-refractivity contribution is 7.92. The van der Waals surface area contributed by atoms with Crippen LogP contribution in [0.5, 0.6) is 0 Å². The molecule has 10 nitrogen and oxygen atoms in total. The number of sulfonamides is 1. The second-order valence-corrected chi connectivity index (χ2v) is 13.6. The van der Waals surface area contributed by atoms with Crippen molar-refractivity contribution in [1.82, 2.24) is 19.6 Å². The molecule has 4 saturated heterocycles. The molecule has 0 aliphatic carbocycles. The van der Waals surface area contributed by atoms with Crippen LogP contribution in [0.2, 0.25) is 0 Å². The number of halogens is 3. The van der Waals surface area contributed by atoms with E-state index in [2.05, 4.69) is 19.6 Å². The minimum absolute atomic E-state index is 0.0813. The van der Waals surface area contributed by atoms with Crippen molar-refractivity contribution < 1.29 is 31.1 Å². The number of fused-ring (bicyclic) bond motifs is 1. The minimum Gasteiger partial charge on any atom is -0.381 e. The summed E-state index contributed by atoms with van der Waals surface area (Å²) in [6.45, 7) is 5.17. The molecular weight excluding hydrogens is 561 g/mol. The number of rotatable bonds is 5. The molecule has 1 amide bonds. The lowest BCUT2D eigenvalue weighted by molar-refractivity contribution is -0.137. The van der Waals surface area contributed by atoms with Gasteiger partial charge in [-0.25, -0.2) is 13.2 Å². The van der Waals surface area contributed by atoms with Crippen molar-refractivity contribution in [3.05, 3.63) is 41.6 Å². The van der Waals surface area contributed by atoms with Crippen molar-refractivity contribution >= 4 is 27.6 Å². The van der Waals surface area contributed by atoms with Crippen LogP contribution in [-0.2, 0) is 27.5 Å². The first kappa shape index (κ1) is 28.3. The number of aromatic nitrogens is 2. The van der Waals surface area contributed by atoms with Crippen LogP contribution < -0.4 is 9.62 Å². The zero-order chi connectivity index (χ0) is 29.0. The Bertz CT molecular complexity index is 1390. The first-order valence-corrected chi connectivity index (χ1v) is 15.9. The minimum atomic E-state index is -4.41. The normalized spacial score (nSPS) is 24.8. The molecule has 5 heterocycles. The molecule has 2 unspecified atom stereocenters.